The Hall–Kier alpha value is 0.310. The summed E-state index contributed by atoms with van der Waals surface area (Å²) >= 11 is 5.34. The summed E-state index contributed by atoms with van der Waals surface area (Å²) < 4.78 is 10.5. The molecule has 0 spiro atoms. The third kappa shape index (κ3) is 8.50. The van der Waals surface area contributed by atoms with Gasteiger partial charge in [0.15, 0.2) is 0 Å². The van der Waals surface area contributed by atoms with Crippen molar-refractivity contribution >= 4 is 34.9 Å². The highest BCUT2D eigenvalue weighted by atomic mass is 32.9. The molecule has 0 aliphatic carbocycles. The second kappa shape index (κ2) is 8.82. The molecule has 0 unspecified atom stereocenters. The summed E-state index contributed by atoms with van der Waals surface area (Å²) in [5.41, 5.74) is -3.81. The molecule has 2 N–H and O–H groups in total. The molecule has 1 aliphatic heterocycles. The summed E-state index contributed by atoms with van der Waals surface area (Å²) in [6, 6.07) is 0. The second-order valence-corrected chi connectivity index (χ2v) is 11.7. The van der Waals surface area contributed by atoms with Crippen LogP contribution in [0.5, 0.6) is 0 Å². The normalized spacial score (nSPS) is 17.7. The molecule has 1 fully saturated rings. The Balaban J connectivity index is 2.25. The lowest BCUT2D eigenvalue weighted by Gasteiger charge is -2.30. The monoisotopic (exact) mass is 357 g/mol. The SMILES string of the molecule is CC(C)(CCN1CCOCC1)C(=O)OCCSP(O)(O)=S. The van der Waals surface area contributed by atoms with Gasteiger partial charge in [-0.1, -0.05) is 11.4 Å². The van der Waals surface area contributed by atoms with Crippen LogP contribution in [0.2, 0.25) is 0 Å². The summed E-state index contributed by atoms with van der Waals surface area (Å²) in [7, 11) is 0. The van der Waals surface area contributed by atoms with Gasteiger partial charge in [0.1, 0.15) is 6.61 Å². The standard InChI is InChI=1S/C12H24NO5PS2/c1-12(2,3-4-13-5-7-17-8-6-13)11(14)18-9-10-21-19(15,16)20/h3-10H2,1-2H3,(H2,15,16,20). The van der Waals surface area contributed by atoms with E-state index >= 15 is 0 Å². The van der Waals surface area contributed by atoms with Crippen molar-refractivity contribution in [2.75, 3.05) is 45.2 Å². The highest BCUT2D eigenvalue weighted by Gasteiger charge is 2.30. The number of morpholine rings is 1. The van der Waals surface area contributed by atoms with Crippen LogP contribution in [0.4, 0.5) is 0 Å². The van der Waals surface area contributed by atoms with Gasteiger partial charge in [0, 0.05) is 18.8 Å². The molecule has 0 aromatic heterocycles. The van der Waals surface area contributed by atoms with E-state index in [1.54, 1.807) is 0 Å². The number of ether oxygens (including phenoxy) is 2. The van der Waals surface area contributed by atoms with Crippen molar-refractivity contribution in [2.24, 2.45) is 5.41 Å². The molecule has 0 aromatic rings. The molecule has 21 heavy (non-hydrogen) atoms. The molecule has 0 saturated carbocycles. The van der Waals surface area contributed by atoms with Crippen molar-refractivity contribution in [3.05, 3.63) is 0 Å². The van der Waals surface area contributed by atoms with Crippen LogP contribution in [0.15, 0.2) is 0 Å². The van der Waals surface area contributed by atoms with Gasteiger partial charge in [-0.2, -0.15) is 0 Å². The van der Waals surface area contributed by atoms with E-state index in [0.717, 1.165) is 50.7 Å². The van der Waals surface area contributed by atoms with Crippen molar-refractivity contribution in [3.8, 4) is 0 Å². The molecule has 1 rings (SSSR count). The number of rotatable bonds is 8. The first-order chi connectivity index (χ1) is 9.71. The molecular formula is C12H24NO5PS2. The van der Waals surface area contributed by atoms with Gasteiger partial charge >= 0.3 is 5.97 Å². The maximum atomic E-state index is 12.0. The highest BCUT2D eigenvalue weighted by Crippen LogP contribution is 2.50. The van der Waals surface area contributed by atoms with E-state index in [0.29, 0.717) is 5.75 Å². The predicted molar refractivity (Wildman–Crippen MR) is 87.8 cm³/mol. The summed E-state index contributed by atoms with van der Waals surface area (Å²) in [5, 5.41) is 0. The number of hydrogen-bond acceptors (Lipinski definition) is 6. The molecule has 0 bridgehead atoms. The van der Waals surface area contributed by atoms with Gasteiger partial charge in [-0.3, -0.25) is 9.69 Å². The quantitative estimate of drug-likeness (QED) is 0.381. The maximum absolute atomic E-state index is 12.0. The highest BCUT2D eigenvalue weighted by molar-refractivity contribution is 8.67. The van der Waals surface area contributed by atoms with Crippen LogP contribution < -0.4 is 0 Å². The van der Waals surface area contributed by atoms with Crippen molar-refractivity contribution in [2.45, 2.75) is 20.3 Å². The molecule has 0 aromatic carbocycles. The van der Waals surface area contributed by atoms with Gasteiger partial charge in [-0.25, -0.2) is 0 Å². The Morgan fingerprint density at radius 3 is 2.62 bits per heavy atom. The molecule has 1 saturated heterocycles. The Morgan fingerprint density at radius 2 is 2.05 bits per heavy atom. The zero-order chi connectivity index (χ0) is 15.9. The summed E-state index contributed by atoms with van der Waals surface area (Å²) in [5.74, 6) is 0.0378. The van der Waals surface area contributed by atoms with Gasteiger partial charge in [0.25, 0.3) is 0 Å². The number of esters is 1. The van der Waals surface area contributed by atoms with E-state index in [1.165, 1.54) is 0 Å². The molecule has 9 heteroatoms. The third-order valence-electron chi connectivity index (χ3n) is 3.29. The molecule has 0 amide bonds. The lowest BCUT2D eigenvalue weighted by Crippen LogP contribution is -2.39. The van der Waals surface area contributed by atoms with Crippen LogP contribution >= 0.6 is 17.1 Å². The molecule has 124 valence electrons. The van der Waals surface area contributed by atoms with E-state index in [2.05, 4.69) is 16.7 Å². The van der Waals surface area contributed by atoms with Crippen LogP contribution in [0, 0.1) is 5.41 Å². The van der Waals surface area contributed by atoms with Crippen LogP contribution in [-0.2, 0) is 26.1 Å². The largest absolute Gasteiger partial charge is 0.464 e. The topological polar surface area (TPSA) is 79.2 Å². The fourth-order valence-corrected chi connectivity index (χ4v) is 3.85. The van der Waals surface area contributed by atoms with Crippen LogP contribution in [-0.4, -0.2) is 65.9 Å². The first-order valence-corrected chi connectivity index (χ1v) is 11.2. The minimum Gasteiger partial charge on any atom is -0.464 e. The average Bonchev–Trinajstić information content (AvgIpc) is 2.41. The first-order valence-electron chi connectivity index (χ1n) is 6.88. The lowest BCUT2D eigenvalue weighted by atomic mass is 9.89. The Morgan fingerprint density at radius 1 is 1.43 bits per heavy atom. The van der Waals surface area contributed by atoms with Crippen molar-refractivity contribution < 1.29 is 24.1 Å². The fourth-order valence-electron chi connectivity index (χ4n) is 1.85. The van der Waals surface area contributed by atoms with E-state index in [1.807, 2.05) is 13.8 Å². The van der Waals surface area contributed by atoms with Gasteiger partial charge in [-0.05, 0) is 38.6 Å². The second-order valence-electron chi connectivity index (χ2n) is 5.55. The third-order valence-corrected chi connectivity index (χ3v) is 6.48. The van der Waals surface area contributed by atoms with Gasteiger partial charge in [0.05, 0.1) is 18.6 Å². The van der Waals surface area contributed by atoms with Crippen LogP contribution in [0.3, 0.4) is 0 Å². The summed E-state index contributed by atoms with van der Waals surface area (Å²) in [4.78, 5) is 32.4. The van der Waals surface area contributed by atoms with Crippen LogP contribution in [0.1, 0.15) is 20.3 Å². The molecule has 0 atom stereocenters. The van der Waals surface area contributed by atoms with Crippen LogP contribution in [0.25, 0.3) is 0 Å². The average molecular weight is 357 g/mol. The Bertz CT molecular complexity index is 382. The van der Waals surface area contributed by atoms with Crippen molar-refractivity contribution in [3.63, 3.8) is 0 Å². The molecular weight excluding hydrogens is 333 g/mol. The number of carbonyl (C=O) groups is 1. The van der Waals surface area contributed by atoms with E-state index in [-0.39, 0.29) is 12.6 Å². The van der Waals surface area contributed by atoms with Crippen molar-refractivity contribution in [1.82, 2.24) is 4.90 Å². The number of carbonyl (C=O) groups excluding carboxylic acids is 1. The zero-order valence-electron chi connectivity index (χ0n) is 12.5. The summed E-state index contributed by atoms with van der Waals surface area (Å²) in [6.45, 7) is 8.01. The minimum absolute atomic E-state index is 0.143. The van der Waals surface area contributed by atoms with E-state index in [9.17, 15) is 4.79 Å². The summed E-state index contributed by atoms with van der Waals surface area (Å²) in [6.07, 6.45) is 0.719. The molecule has 1 heterocycles. The lowest BCUT2D eigenvalue weighted by molar-refractivity contribution is -0.153. The number of hydrogen-bond donors (Lipinski definition) is 2. The fraction of sp³-hybridized carbons (Fsp3) is 0.917. The van der Waals surface area contributed by atoms with E-state index < -0.39 is 11.1 Å². The smallest absolute Gasteiger partial charge is 0.311 e. The van der Waals surface area contributed by atoms with Gasteiger partial charge in [0.2, 0.25) is 5.69 Å². The van der Waals surface area contributed by atoms with Gasteiger partial charge in [-0.15, -0.1) is 0 Å². The minimum atomic E-state index is -3.26. The molecule has 1 aliphatic rings. The Labute approximate surface area is 135 Å². The molecule has 6 nitrogen and oxygen atoms in total. The van der Waals surface area contributed by atoms with E-state index in [4.69, 9.17) is 19.3 Å². The van der Waals surface area contributed by atoms with Crippen molar-refractivity contribution in [1.29, 1.82) is 0 Å². The Kier molecular flexibility index (Phi) is 8.13. The predicted octanol–water partition coefficient (Wildman–Crippen LogP) is 1.22. The first kappa shape index (κ1) is 19.4. The molecule has 0 radical (unpaired) electrons. The maximum Gasteiger partial charge on any atom is 0.311 e. The van der Waals surface area contributed by atoms with Gasteiger partial charge < -0.3 is 19.3 Å². The number of nitrogens with zero attached hydrogens (tertiary/aromatic N) is 1. The zero-order valence-corrected chi connectivity index (χ0v) is 15.0.